The fourth-order valence-electron chi connectivity index (χ4n) is 2.89. The number of rotatable bonds is 3. The van der Waals surface area contributed by atoms with Crippen molar-refractivity contribution in [3.63, 3.8) is 0 Å². The number of halogens is 1. The van der Waals surface area contributed by atoms with Gasteiger partial charge in [0.2, 0.25) is 0 Å². The Morgan fingerprint density at radius 1 is 1.43 bits per heavy atom. The minimum absolute atomic E-state index is 0.0197. The molecule has 1 aromatic rings. The van der Waals surface area contributed by atoms with Crippen LogP contribution in [0.3, 0.4) is 0 Å². The molecule has 0 N–H and O–H groups in total. The predicted octanol–water partition coefficient (Wildman–Crippen LogP) is 1.31. The molecule has 1 aromatic carbocycles. The molecule has 21 heavy (non-hydrogen) atoms. The summed E-state index contributed by atoms with van der Waals surface area (Å²) in [6, 6.07) is 2.84. The van der Waals surface area contributed by atoms with Gasteiger partial charge in [0.25, 0.3) is 0 Å². The van der Waals surface area contributed by atoms with Gasteiger partial charge in [0.15, 0.2) is 16.6 Å². The summed E-state index contributed by atoms with van der Waals surface area (Å²) in [6.07, 6.45) is 0.625. The molecule has 1 atom stereocenters. The van der Waals surface area contributed by atoms with Crippen LogP contribution in [-0.2, 0) is 27.7 Å². The van der Waals surface area contributed by atoms with Gasteiger partial charge in [0.1, 0.15) is 11.6 Å². The topological polar surface area (TPSA) is 55.8 Å². The van der Waals surface area contributed by atoms with Crippen molar-refractivity contribution in [2.24, 2.45) is 0 Å². The van der Waals surface area contributed by atoms with Crippen LogP contribution < -0.4 is 4.74 Å². The average molecular weight is 315 g/mol. The molecule has 2 aliphatic rings. The van der Waals surface area contributed by atoms with Crippen LogP contribution in [0, 0.1) is 5.82 Å². The Labute approximate surface area is 123 Å². The highest BCUT2D eigenvalue weighted by atomic mass is 32.2. The van der Waals surface area contributed by atoms with Crippen molar-refractivity contribution >= 4 is 9.84 Å². The molecular weight excluding hydrogens is 297 g/mol. The largest absolute Gasteiger partial charge is 0.467 e. The lowest BCUT2D eigenvalue weighted by Gasteiger charge is -2.26. The third-order valence-electron chi connectivity index (χ3n) is 4.00. The lowest BCUT2D eigenvalue weighted by Crippen LogP contribution is -2.32. The van der Waals surface area contributed by atoms with Gasteiger partial charge in [-0.2, -0.15) is 0 Å². The minimum atomic E-state index is -2.93. The van der Waals surface area contributed by atoms with Gasteiger partial charge in [-0.05, 0) is 25.6 Å². The SMILES string of the molecule is CN(Cc1cc(F)cc2c1OCOC2)C1CCS(=O)(=O)C1. The summed E-state index contributed by atoms with van der Waals surface area (Å²) in [5.74, 6) is 0.735. The van der Waals surface area contributed by atoms with Crippen molar-refractivity contribution in [2.45, 2.75) is 25.6 Å². The number of ether oxygens (including phenoxy) is 2. The Kier molecular flexibility index (Phi) is 3.90. The van der Waals surface area contributed by atoms with E-state index in [2.05, 4.69) is 0 Å². The van der Waals surface area contributed by atoms with E-state index in [1.165, 1.54) is 12.1 Å². The van der Waals surface area contributed by atoms with Crippen LogP contribution in [0.5, 0.6) is 5.75 Å². The van der Waals surface area contributed by atoms with Crippen LogP contribution in [0.25, 0.3) is 0 Å². The van der Waals surface area contributed by atoms with Crippen molar-refractivity contribution in [1.29, 1.82) is 0 Å². The quantitative estimate of drug-likeness (QED) is 0.842. The number of benzene rings is 1. The van der Waals surface area contributed by atoms with E-state index in [0.717, 1.165) is 5.56 Å². The Hall–Kier alpha value is -1.18. The molecule has 1 fully saturated rings. The summed E-state index contributed by atoms with van der Waals surface area (Å²) in [6.45, 7) is 0.953. The Morgan fingerprint density at radius 2 is 2.24 bits per heavy atom. The molecule has 1 saturated heterocycles. The Bertz CT molecular complexity index is 647. The molecule has 5 nitrogen and oxygen atoms in total. The van der Waals surface area contributed by atoms with Gasteiger partial charge in [-0.3, -0.25) is 4.90 Å². The second-order valence-corrected chi connectivity index (χ2v) is 7.86. The summed E-state index contributed by atoms with van der Waals surface area (Å²) in [4.78, 5) is 1.96. The first-order valence-corrected chi connectivity index (χ1v) is 8.69. The molecule has 0 spiro atoms. The summed E-state index contributed by atoms with van der Waals surface area (Å²) in [5, 5.41) is 0. The van der Waals surface area contributed by atoms with Crippen LogP contribution in [-0.4, -0.2) is 44.7 Å². The first kappa shape index (κ1) is 14.7. The van der Waals surface area contributed by atoms with E-state index < -0.39 is 9.84 Å². The first-order chi connectivity index (χ1) is 9.94. The van der Waals surface area contributed by atoms with E-state index in [-0.39, 0.29) is 30.2 Å². The van der Waals surface area contributed by atoms with Crippen LogP contribution in [0.15, 0.2) is 12.1 Å². The minimum Gasteiger partial charge on any atom is -0.467 e. The number of fused-ring (bicyclic) bond motifs is 1. The van der Waals surface area contributed by atoms with E-state index in [4.69, 9.17) is 9.47 Å². The molecule has 0 aliphatic carbocycles. The molecule has 2 aliphatic heterocycles. The molecule has 0 amide bonds. The molecule has 0 aromatic heterocycles. The standard InChI is InChI=1S/C14H18FNO4S/c1-16(13-2-3-21(17,18)8-13)6-10-4-12(15)5-11-7-19-9-20-14(10)11/h4-5,13H,2-3,6-9H2,1H3. The van der Waals surface area contributed by atoms with Gasteiger partial charge in [-0.15, -0.1) is 0 Å². The summed E-state index contributed by atoms with van der Waals surface area (Å²) in [7, 11) is -1.06. The van der Waals surface area contributed by atoms with Crippen LogP contribution in [0.1, 0.15) is 17.5 Å². The van der Waals surface area contributed by atoms with Crippen molar-refractivity contribution < 1.29 is 22.3 Å². The molecule has 2 heterocycles. The van der Waals surface area contributed by atoms with Crippen molar-refractivity contribution in [3.8, 4) is 5.75 Å². The summed E-state index contributed by atoms with van der Waals surface area (Å²) < 4.78 is 47.4. The number of hydrogen-bond acceptors (Lipinski definition) is 5. The fraction of sp³-hybridized carbons (Fsp3) is 0.571. The van der Waals surface area contributed by atoms with Gasteiger partial charge < -0.3 is 9.47 Å². The zero-order valence-electron chi connectivity index (χ0n) is 11.8. The highest BCUT2D eigenvalue weighted by Crippen LogP contribution is 2.31. The maximum Gasteiger partial charge on any atom is 0.189 e. The summed E-state index contributed by atoms with van der Waals surface area (Å²) >= 11 is 0. The first-order valence-electron chi connectivity index (χ1n) is 6.87. The second-order valence-electron chi connectivity index (χ2n) is 5.64. The second kappa shape index (κ2) is 5.55. The molecule has 7 heteroatoms. The van der Waals surface area contributed by atoms with Gasteiger partial charge in [0, 0.05) is 23.7 Å². The van der Waals surface area contributed by atoms with Crippen LogP contribution >= 0.6 is 0 Å². The predicted molar refractivity (Wildman–Crippen MR) is 75.2 cm³/mol. The molecule has 0 bridgehead atoms. The van der Waals surface area contributed by atoms with Crippen LogP contribution in [0.4, 0.5) is 4.39 Å². The van der Waals surface area contributed by atoms with Gasteiger partial charge in [0.05, 0.1) is 18.1 Å². The summed E-state index contributed by atoms with van der Waals surface area (Å²) in [5.41, 5.74) is 1.43. The highest BCUT2D eigenvalue weighted by Gasteiger charge is 2.31. The molecule has 3 rings (SSSR count). The molecule has 0 saturated carbocycles. The molecular formula is C14H18FNO4S. The number of hydrogen-bond donors (Lipinski definition) is 0. The number of sulfone groups is 1. The zero-order chi connectivity index (χ0) is 15.0. The third kappa shape index (κ3) is 3.20. The Balaban J connectivity index is 1.80. The maximum absolute atomic E-state index is 13.7. The third-order valence-corrected chi connectivity index (χ3v) is 5.75. The monoisotopic (exact) mass is 315 g/mol. The van der Waals surface area contributed by atoms with Gasteiger partial charge in [-0.25, -0.2) is 12.8 Å². The van der Waals surface area contributed by atoms with E-state index in [0.29, 0.717) is 30.9 Å². The fourth-order valence-corrected chi connectivity index (χ4v) is 4.70. The molecule has 0 radical (unpaired) electrons. The average Bonchev–Trinajstić information content (AvgIpc) is 2.79. The zero-order valence-corrected chi connectivity index (χ0v) is 12.7. The number of nitrogens with zero attached hydrogens (tertiary/aromatic N) is 1. The molecule has 116 valence electrons. The lowest BCUT2D eigenvalue weighted by molar-refractivity contribution is -0.0177. The lowest BCUT2D eigenvalue weighted by atomic mass is 10.1. The van der Waals surface area contributed by atoms with Crippen molar-refractivity contribution in [1.82, 2.24) is 4.90 Å². The van der Waals surface area contributed by atoms with Crippen LogP contribution in [0.2, 0.25) is 0 Å². The Morgan fingerprint density at radius 3 is 2.95 bits per heavy atom. The molecule has 1 unspecified atom stereocenters. The van der Waals surface area contributed by atoms with E-state index in [1.54, 1.807) is 0 Å². The van der Waals surface area contributed by atoms with Gasteiger partial charge in [-0.1, -0.05) is 0 Å². The van der Waals surface area contributed by atoms with Crippen molar-refractivity contribution in [2.75, 3.05) is 25.3 Å². The highest BCUT2D eigenvalue weighted by molar-refractivity contribution is 7.91. The van der Waals surface area contributed by atoms with E-state index in [9.17, 15) is 12.8 Å². The normalized spacial score (nSPS) is 23.9. The van der Waals surface area contributed by atoms with E-state index in [1.807, 2.05) is 11.9 Å². The van der Waals surface area contributed by atoms with Gasteiger partial charge >= 0.3 is 0 Å². The maximum atomic E-state index is 13.7. The van der Waals surface area contributed by atoms with E-state index >= 15 is 0 Å². The van der Waals surface area contributed by atoms with Crippen molar-refractivity contribution in [3.05, 3.63) is 29.1 Å². The smallest absolute Gasteiger partial charge is 0.189 e.